The van der Waals surface area contributed by atoms with Gasteiger partial charge in [-0.1, -0.05) is 31.5 Å². The molecule has 2 heterocycles. The van der Waals surface area contributed by atoms with Crippen molar-refractivity contribution in [3.63, 3.8) is 0 Å². The summed E-state index contributed by atoms with van der Waals surface area (Å²) in [5.41, 5.74) is 1.78. The predicted octanol–water partition coefficient (Wildman–Crippen LogP) is 2.67. The van der Waals surface area contributed by atoms with E-state index in [0.717, 1.165) is 35.6 Å². The highest BCUT2D eigenvalue weighted by Crippen LogP contribution is 2.21. The Morgan fingerprint density at radius 1 is 1.47 bits per heavy atom. The minimum Gasteiger partial charge on any atom is -0.387 e. The third kappa shape index (κ3) is 2.61. The minimum absolute atomic E-state index is 0.443. The Morgan fingerprint density at radius 3 is 3.00 bits per heavy atom. The van der Waals surface area contributed by atoms with Crippen molar-refractivity contribution < 1.29 is 5.11 Å². The van der Waals surface area contributed by atoms with Crippen LogP contribution in [0.2, 0.25) is 0 Å². The van der Waals surface area contributed by atoms with Gasteiger partial charge in [-0.2, -0.15) is 0 Å². The normalized spacial score (nSPS) is 13.1. The summed E-state index contributed by atoms with van der Waals surface area (Å²) in [6.45, 7) is 2.12. The van der Waals surface area contributed by atoms with E-state index in [9.17, 15) is 5.11 Å². The Hall–Kier alpha value is -1.07. The molecule has 0 bridgehead atoms. The Morgan fingerprint density at radius 2 is 2.29 bits per heavy atom. The molecule has 0 amide bonds. The van der Waals surface area contributed by atoms with Gasteiger partial charge in [-0.25, -0.2) is 9.50 Å². The highest BCUT2D eigenvalue weighted by molar-refractivity contribution is 7.98. The fourth-order valence-electron chi connectivity index (χ4n) is 1.80. The van der Waals surface area contributed by atoms with Crippen molar-refractivity contribution >= 4 is 17.3 Å². The number of unbranched alkanes of at least 4 members (excludes halogenated alkanes) is 1. The molecule has 2 aromatic rings. The van der Waals surface area contributed by atoms with Crippen LogP contribution >= 0.6 is 11.8 Å². The van der Waals surface area contributed by atoms with Crippen LogP contribution in [0, 0.1) is 0 Å². The van der Waals surface area contributed by atoms with E-state index in [1.807, 2.05) is 18.4 Å². The third-order valence-electron chi connectivity index (χ3n) is 2.76. The van der Waals surface area contributed by atoms with E-state index < -0.39 is 6.10 Å². The first-order chi connectivity index (χ1) is 8.26. The summed E-state index contributed by atoms with van der Waals surface area (Å²) in [4.78, 5) is 4.21. The van der Waals surface area contributed by atoms with Gasteiger partial charge < -0.3 is 5.11 Å². The second-order valence-electron chi connectivity index (χ2n) is 4.00. The van der Waals surface area contributed by atoms with Crippen LogP contribution in [0.25, 0.3) is 5.52 Å². The van der Waals surface area contributed by atoms with E-state index in [-0.39, 0.29) is 0 Å². The molecule has 17 heavy (non-hydrogen) atoms. The van der Waals surface area contributed by atoms with Crippen molar-refractivity contribution in [2.24, 2.45) is 0 Å². The zero-order chi connectivity index (χ0) is 12.3. The van der Waals surface area contributed by atoms with E-state index in [0.29, 0.717) is 0 Å². The second-order valence-corrected chi connectivity index (χ2v) is 4.77. The Kier molecular flexibility index (Phi) is 4.02. The molecule has 4 nitrogen and oxygen atoms in total. The Bertz CT molecular complexity index is 497. The van der Waals surface area contributed by atoms with E-state index in [1.165, 1.54) is 11.8 Å². The van der Waals surface area contributed by atoms with E-state index in [1.54, 1.807) is 10.7 Å². The smallest absolute Gasteiger partial charge is 0.207 e. The highest BCUT2D eigenvalue weighted by Gasteiger charge is 2.13. The number of nitrogens with zero attached hydrogens (tertiary/aromatic N) is 3. The van der Waals surface area contributed by atoms with E-state index >= 15 is 0 Å². The lowest BCUT2D eigenvalue weighted by atomic mass is 10.1. The van der Waals surface area contributed by atoms with Gasteiger partial charge in [-0.05, 0) is 24.8 Å². The van der Waals surface area contributed by atoms with Gasteiger partial charge in [0.15, 0.2) is 0 Å². The van der Waals surface area contributed by atoms with Crippen LogP contribution in [-0.2, 0) is 0 Å². The van der Waals surface area contributed by atoms with Crippen LogP contribution in [0.3, 0.4) is 0 Å². The number of aliphatic hydroxyl groups excluding tert-OH is 1. The van der Waals surface area contributed by atoms with Crippen molar-refractivity contribution in [3.8, 4) is 0 Å². The van der Waals surface area contributed by atoms with Crippen LogP contribution in [0.15, 0.2) is 23.5 Å². The van der Waals surface area contributed by atoms with Gasteiger partial charge in [-0.3, -0.25) is 0 Å². The van der Waals surface area contributed by atoms with Gasteiger partial charge in [-0.15, -0.1) is 5.10 Å². The zero-order valence-electron chi connectivity index (χ0n) is 10.1. The van der Waals surface area contributed by atoms with Gasteiger partial charge in [0.2, 0.25) is 5.16 Å². The fraction of sp³-hybridized carbons (Fsp3) is 0.500. The minimum atomic E-state index is -0.443. The van der Waals surface area contributed by atoms with Gasteiger partial charge in [0.05, 0.1) is 23.5 Å². The summed E-state index contributed by atoms with van der Waals surface area (Å²) in [6, 6.07) is 3.86. The van der Waals surface area contributed by atoms with Crippen LogP contribution in [0.1, 0.15) is 38.0 Å². The standard InChI is InChI=1S/C12H17N3OS/c1-3-4-5-11(16)10-7-6-9-8-13-12(17-2)14-15(9)10/h6-8,11,16H,3-5H2,1-2H3. The quantitative estimate of drug-likeness (QED) is 0.830. The molecule has 92 valence electrons. The molecule has 0 aromatic carbocycles. The van der Waals surface area contributed by atoms with Crippen LogP contribution in [0.5, 0.6) is 0 Å². The molecule has 1 atom stereocenters. The number of aromatic nitrogens is 3. The summed E-state index contributed by atoms with van der Waals surface area (Å²) < 4.78 is 1.79. The van der Waals surface area contributed by atoms with Crippen LogP contribution in [-0.4, -0.2) is 26.0 Å². The molecule has 5 heteroatoms. The average Bonchev–Trinajstić information content (AvgIpc) is 2.78. The lowest BCUT2D eigenvalue weighted by molar-refractivity contribution is 0.157. The molecule has 0 fully saturated rings. The molecule has 2 rings (SSSR count). The predicted molar refractivity (Wildman–Crippen MR) is 69.3 cm³/mol. The summed E-state index contributed by atoms with van der Waals surface area (Å²) >= 11 is 1.50. The average molecular weight is 251 g/mol. The summed E-state index contributed by atoms with van der Waals surface area (Å²) in [6.07, 6.45) is 6.18. The van der Waals surface area contributed by atoms with E-state index in [4.69, 9.17) is 0 Å². The molecule has 1 N–H and O–H groups in total. The fourth-order valence-corrected chi connectivity index (χ4v) is 2.12. The first-order valence-corrected chi connectivity index (χ1v) is 7.05. The molecule has 2 aromatic heterocycles. The van der Waals surface area contributed by atoms with Crippen LogP contribution < -0.4 is 0 Å². The molecule has 0 spiro atoms. The number of hydrogen-bond acceptors (Lipinski definition) is 4. The van der Waals surface area contributed by atoms with E-state index in [2.05, 4.69) is 17.0 Å². The molecule has 0 radical (unpaired) electrons. The molecule has 0 saturated carbocycles. The lowest BCUT2D eigenvalue weighted by Crippen LogP contribution is -2.05. The monoisotopic (exact) mass is 251 g/mol. The number of hydrogen-bond donors (Lipinski definition) is 1. The maximum atomic E-state index is 10.1. The second kappa shape index (κ2) is 5.51. The molecule has 1 unspecified atom stereocenters. The molecule has 0 aliphatic carbocycles. The summed E-state index contributed by atoms with van der Waals surface area (Å²) in [7, 11) is 0. The molecule has 0 saturated heterocycles. The van der Waals surface area contributed by atoms with Gasteiger partial charge in [0, 0.05) is 0 Å². The molecular formula is C12H17N3OS. The van der Waals surface area contributed by atoms with Gasteiger partial charge >= 0.3 is 0 Å². The number of rotatable bonds is 5. The number of fused-ring (bicyclic) bond motifs is 1. The van der Waals surface area contributed by atoms with Gasteiger partial charge in [0.25, 0.3) is 0 Å². The van der Waals surface area contributed by atoms with Crippen molar-refractivity contribution in [1.82, 2.24) is 14.6 Å². The van der Waals surface area contributed by atoms with Crippen molar-refractivity contribution in [2.75, 3.05) is 6.26 Å². The molecular weight excluding hydrogens is 234 g/mol. The van der Waals surface area contributed by atoms with Crippen molar-refractivity contribution in [2.45, 2.75) is 37.4 Å². The zero-order valence-corrected chi connectivity index (χ0v) is 10.9. The third-order valence-corrected chi connectivity index (χ3v) is 3.31. The first kappa shape index (κ1) is 12.4. The largest absolute Gasteiger partial charge is 0.387 e. The lowest BCUT2D eigenvalue weighted by Gasteiger charge is -2.09. The van der Waals surface area contributed by atoms with Crippen molar-refractivity contribution in [1.29, 1.82) is 0 Å². The summed E-state index contributed by atoms with van der Waals surface area (Å²) in [5.74, 6) is 0. The van der Waals surface area contributed by atoms with Crippen molar-refractivity contribution in [3.05, 3.63) is 24.0 Å². The topological polar surface area (TPSA) is 50.4 Å². The number of aliphatic hydroxyl groups is 1. The number of thioether (sulfide) groups is 1. The first-order valence-electron chi connectivity index (χ1n) is 5.83. The summed E-state index contributed by atoms with van der Waals surface area (Å²) in [5, 5.41) is 15.2. The molecule has 0 aliphatic rings. The Labute approximate surface area is 105 Å². The highest BCUT2D eigenvalue weighted by atomic mass is 32.2. The SMILES string of the molecule is CCCCC(O)c1ccc2cnc(SC)nn12. The maximum Gasteiger partial charge on any atom is 0.207 e. The van der Waals surface area contributed by atoms with Crippen LogP contribution in [0.4, 0.5) is 0 Å². The maximum absolute atomic E-state index is 10.1. The van der Waals surface area contributed by atoms with Gasteiger partial charge in [0.1, 0.15) is 0 Å². The molecule has 0 aliphatic heterocycles. The Balaban J connectivity index is 2.33.